The maximum absolute atomic E-state index is 10.9. The summed E-state index contributed by atoms with van der Waals surface area (Å²) in [5.41, 5.74) is 0.702. The van der Waals surface area contributed by atoms with Crippen LogP contribution in [0.2, 0.25) is 0 Å². The summed E-state index contributed by atoms with van der Waals surface area (Å²) in [7, 11) is 0. The number of carboxylic acid groups (broad SMARTS) is 1. The highest BCUT2D eigenvalue weighted by molar-refractivity contribution is 5.89. The van der Waals surface area contributed by atoms with Gasteiger partial charge in [0, 0.05) is 35.6 Å². The van der Waals surface area contributed by atoms with Crippen LogP contribution in [0.3, 0.4) is 0 Å². The van der Waals surface area contributed by atoms with E-state index in [9.17, 15) is 4.79 Å². The van der Waals surface area contributed by atoms with Gasteiger partial charge in [0.05, 0.1) is 5.92 Å². The average Bonchev–Trinajstić information content (AvgIpc) is 2.27. The molecule has 15 heavy (non-hydrogen) atoms. The topological polar surface area (TPSA) is 63.1 Å². The van der Waals surface area contributed by atoms with Gasteiger partial charge in [-0.2, -0.15) is 0 Å². The molecule has 0 saturated heterocycles. The van der Waals surface area contributed by atoms with Gasteiger partial charge in [-0.3, -0.25) is 14.8 Å². The van der Waals surface area contributed by atoms with E-state index in [1.54, 1.807) is 31.7 Å². The highest BCUT2D eigenvalue weighted by atomic mass is 16.4. The Kier molecular flexibility index (Phi) is 2.33. The lowest BCUT2D eigenvalue weighted by atomic mass is 9.99. The Bertz CT molecular complexity index is 505. The first-order valence-corrected chi connectivity index (χ1v) is 4.60. The molecule has 0 aliphatic heterocycles. The van der Waals surface area contributed by atoms with E-state index in [-0.39, 0.29) is 0 Å². The second-order valence-corrected chi connectivity index (χ2v) is 3.39. The smallest absolute Gasteiger partial charge is 0.310 e. The largest absolute Gasteiger partial charge is 0.481 e. The van der Waals surface area contributed by atoms with Crippen LogP contribution in [0.25, 0.3) is 10.8 Å². The number of aliphatic carboxylic acids is 1. The van der Waals surface area contributed by atoms with Gasteiger partial charge in [-0.05, 0) is 18.6 Å². The summed E-state index contributed by atoms with van der Waals surface area (Å²) >= 11 is 0. The van der Waals surface area contributed by atoms with Crippen LogP contribution in [0.4, 0.5) is 0 Å². The summed E-state index contributed by atoms with van der Waals surface area (Å²) in [6.45, 7) is 1.64. The Hall–Kier alpha value is -1.97. The minimum atomic E-state index is -0.854. The quantitative estimate of drug-likeness (QED) is 0.806. The fourth-order valence-corrected chi connectivity index (χ4v) is 1.50. The van der Waals surface area contributed by atoms with Gasteiger partial charge in [0.25, 0.3) is 0 Å². The van der Waals surface area contributed by atoms with Crippen molar-refractivity contribution in [3.8, 4) is 0 Å². The summed E-state index contributed by atoms with van der Waals surface area (Å²) in [6, 6.07) is 1.82. The number of fused-ring (bicyclic) bond motifs is 1. The Labute approximate surface area is 86.6 Å². The molecule has 1 atom stereocenters. The van der Waals surface area contributed by atoms with Crippen LogP contribution in [-0.2, 0) is 4.79 Å². The van der Waals surface area contributed by atoms with Gasteiger partial charge in [-0.15, -0.1) is 0 Å². The van der Waals surface area contributed by atoms with Crippen LogP contribution in [0.15, 0.2) is 30.9 Å². The SMILES string of the molecule is CC(C(=O)O)c1cncc2ccncc12. The molecule has 2 rings (SSSR count). The molecule has 0 aliphatic carbocycles. The van der Waals surface area contributed by atoms with Gasteiger partial charge >= 0.3 is 5.97 Å². The molecule has 0 fully saturated rings. The van der Waals surface area contributed by atoms with Gasteiger partial charge in [0.2, 0.25) is 0 Å². The van der Waals surface area contributed by atoms with Crippen LogP contribution in [0.5, 0.6) is 0 Å². The molecule has 2 aromatic heterocycles. The minimum absolute atomic E-state index is 0.564. The maximum atomic E-state index is 10.9. The zero-order valence-corrected chi connectivity index (χ0v) is 8.21. The van der Waals surface area contributed by atoms with Gasteiger partial charge in [-0.1, -0.05) is 0 Å². The Morgan fingerprint density at radius 2 is 2.13 bits per heavy atom. The van der Waals surface area contributed by atoms with E-state index in [0.717, 1.165) is 10.8 Å². The molecule has 1 unspecified atom stereocenters. The van der Waals surface area contributed by atoms with Gasteiger partial charge in [0.1, 0.15) is 0 Å². The van der Waals surface area contributed by atoms with E-state index in [1.807, 2.05) is 6.07 Å². The number of hydrogen-bond acceptors (Lipinski definition) is 3. The number of pyridine rings is 2. The lowest BCUT2D eigenvalue weighted by Crippen LogP contribution is -2.08. The van der Waals surface area contributed by atoms with Crippen molar-refractivity contribution in [2.75, 3.05) is 0 Å². The predicted molar refractivity (Wildman–Crippen MR) is 55.6 cm³/mol. The first-order chi connectivity index (χ1) is 7.20. The maximum Gasteiger partial charge on any atom is 0.310 e. The summed E-state index contributed by atoms with van der Waals surface area (Å²) in [5, 5.41) is 10.7. The monoisotopic (exact) mass is 202 g/mol. The molecule has 0 amide bonds. The molecule has 0 saturated carbocycles. The lowest BCUT2D eigenvalue weighted by Gasteiger charge is -2.08. The van der Waals surface area contributed by atoms with Crippen LogP contribution in [0.1, 0.15) is 18.4 Å². The van der Waals surface area contributed by atoms with Crippen LogP contribution in [0, 0.1) is 0 Å². The zero-order valence-electron chi connectivity index (χ0n) is 8.21. The predicted octanol–water partition coefficient (Wildman–Crippen LogP) is 1.82. The normalized spacial score (nSPS) is 12.6. The number of nitrogens with zero attached hydrogens (tertiary/aromatic N) is 2. The second kappa shape index (κ2) is 3.65. The van der Waals surface area contributed by atoms with Crippen LogP contribution < -0.4 is 0 Å². The second-order valence-electron chi connectivity index (χ2n) is 3.39. The molecular formula is C11H10N2O2. The Morgan fingerprint density at radius 1 is 1.33 bits per heavy atom. The Morgan fingerprint density at radius 3 is 2.87 bits per heavy atom. The van der Waals surface area contributed by atoms with Crippen molar-refractivity contribution in [1.29, 1.82) is 0 Å². The summed E-state index contributed by atoms with van der Waals surface area (Å²) < 4.78 is 0. The number of hydrogen-bond donors (Lipinski definition) is 1. The van der Waals surface area contributed by atoms with Crippen LogP contribution in [-0.4, -0.2) is 21.0 Å². The molecule has 2 heterocycles. The number of carbonyl (C=O) groups is 1. The standard InChI is InChI=1S/C11H10N2O2/c1-7(11(14)15)9-5-13-4-8-2-3-12-6-10(8)9/h2-7H,1H3,(H,14,15). The van der Waals surface area contributed by atoms with Gasteiger partial charge in [-0.25, -0.2) is 0 Å². The molecule has 0 aliphatic rings. The van der Waals surface area contributed by atoms with Crippen molar-refractivity contribution in [3.63, 3.8) is 0 Å². The van der Waals surface area contributed by atoms with E-state index in [0.29, 0.717) is 5.56 Å². The van der Waals surface area contributed by atoms with E-state index >= 15 is 0 Å². The molecule has 4 heteroatoms. The fraction of sp³-hybridized carbons (Fsp3) is 0.182. The van der Waals surface area contributed by atoms with Gasteiger partial charge in [0.15, 0.2) is 0 Å². The first kappa shape index (κ1) is 9.58. The van der Waals surface area contributed by atoms with Crippen molar-refractivity contribution in [3.05, 3.63) is 36.4 Å². The zero-order chi connectivity index (χ0) is 10.8. The molecule has 2 aromatic rings. The van der Waals surface area contributed by atoms with Crippen molar-refractivity contribution >= 4 is 16.7 Å². The molecule has 0 bridgehead atoms. The van der Waals surface area contributed by atoms with Crippen molar-refractivity contribution < 1.29 is 9.90 Å². The number of aromatic nitrogens is 2. The number of carboxylic acids is 1. The number of rotatable bonds is 2. The molecule has 4 nitrogen and oxygen atoms in total. The first-order valence-electron chi connectivity index (χ1n) is 4.60. The Balaban J connectivity index is 2.65. The molecule has 0 aromatic carbocycles. The van der Waals surface area contributed by atoms with E-state index in [2.05, 4.69) is 9.97 Å². The van der Waals surface area contributed by atoms with Gasteiger partial charge < -0.3 is 5.11 Å². The van der Waals surface area contributed by atoms with Crippen molar-refractivity contribution in [2.24, 2.45) is 0 Å². The molecule has 0 spiro atoms. The lowest BCUT2D eigenvalue weighted by molar-refractivity contribution is -0.138. The highest BCUT2D eigenvalue weighted by Gasteiger charge is 2.16. The fourth-order valence-electron chi connectivity index (χ4n) is 1.50. The summed E-state index contributed by atoms with van der Waals surface area (Å²) in [5.74, 6) is -1.42. The molecule has 0 radical (unpaired) electrons. The van der Waals surface area contributed by atoms with Crippen molar-refractivity contribution in [1.82, 2.24) is 9.97 Å². The van der Waals surface area contributed by atoms with Crippen molar-refractivity contribution in [2.45, 2.75) is 12.8 Å². The van der Waals surface area contributed by atoms with E-state index in [4.69, 9.17) is 5.11 Å². The summed E-state index contributed by atoms with van der Waals surface area (Å²) in [6.07, 6.45) is 6.63. The van der Waals surface area contributed by atoms with E-state index in [1.165, 1.54) is 0 Å². The van der Waals surface area contributed by atoms with E-state index < -0.39 is 11.9 Å². The molecule has 1 N–H and O–H groups in total. The average molecular weight is 202 g/mol. The highest BCUT2D eigenvalue weighted by Crippen LogP contribution is 2.23. The third kappa shape index (κ3) is 1.66. The molecule has 76 valence electrons. The molecular weight excluding hydrogens is 192 g/mol. The minimum Gasteiger partial charge on any atom is -0.481 e. The third-order valence-electron chi connectivity index (χ3n) is 2.43. The summed E-state index contributed by atoms with van der Waals surface area (Å²) in [4.78, 5) is 18.9. The third-order valence-corrected chi connectivity index (χ3v) is 2.43. The van der Waals surface area contributed by atoms with Crippen LogP contribution >= 0.6 is 0 Å².